The van der Waals surface area contributed by atoms with Gasteiger partial charge in [0, 0.05) is 0 Å². The van der Waals surface area contributed by atoms with E-state index in [4.69, 9.17) is 66.2 Å². The Morgan fingerprint density at radius 3 is 0.681 bits per heavy atom. The van der Waals surface area contributed by atoms with E-state index in [1.54, 1.807) is 0 Å². The van der Waals surface area contributed by atoms with E-state index in [2.05, 4.69) is 83.1 Å². The van der Waals surface area contributed by atoms with Gasteiger partial charge in [-0.2, -0.15) is 0 Å². The predicted molar refractivity (Wildman–Crippen MR) is 219 cm³/mol. The molecule has 47 heavy (non-hydrogen) atoms. The predicted octanol–water partition coefficient (Wildman–Crippen LogP) is 13.4. The molecule has 0 aromatic carbocycles. The summed E-state index contributed by atoms with van der Waals surface area (Å²) >= 11 is 21.5. The minimum absolute atomic E-state index is 0. The average molecular weight is 829 g/mol. The molecule has 0 amide bonds. The Balaban J connectivity index is -0.000000807. The molecule has 0 aliphatic rings. The van der Waals surface area contributed by atoms with E-state index in [0.717, 1.165) is 23.7 Å². The first-order valence-electron chi connectivity index (χ1n) is 18.6. The van der Waals surface area contributed by atoms with Crippen LogP contribution in [0.1, 0.15) is 160 Å². The zero-order chi connectivity index (χ0) is 35.8. The molecular weight excluding hydrogens is 752 g/mol. The van der Waals surface area contributed by atoms with Gasteiger partial charge in [-0.1, -0.05) is 158 Å². The quantitative estimate of drug-likeness (QED) is 0.0439. The van der Waals surface area contributed by atoms with Crippen LogP contribution in [0.15, 0.2) is 0 Å². The fourth-order valence-corrected chi connectivity index (χ4v) is 7.73. The second kappa shape index (κ2) is 31.9. The SMILES string of the molecule is CCC(C)CCC(C)COP(=S)([S-])OCC(C)CCC(C)CC.CCC(C)CCC(C)COP(=S)([S-])OCC(C)CCC(C)CC.[Zn+2]. The van der Waals surface area contributed by atoms with E-state index in [1.807, 2.05) is 0 Å². The first kappa shape index (κ1) is 53.8. The van der Waals surface area contributed by atoms with Crippen LogP contribution in [0, 0.1) is 47.3 Å². The maximum atomic E-state index is 5.77. The van der Waals surface area contributed by atoms with Crippen molar-refractivity contribution in [2.45, 2.75) is 160 Å². The summed E-state index contributed by atoms with van der Waals surface area (Å²) in [5.41, 5.74) is -4.98. The molecule has 0 saturated heterocycles. The maximum absolute atomic E-state index is 5.77. The standard InChI is InChI=1S/2C18H39O2PS2.Zn/c2*1-7-15(3)9-11-17(5)13-19-21(22,23)20-14-18(6)12-10-16(4)8-2;/h2*15-18H,7-14H2,1-6H3,(H,22,23);/q;;+2/p-2. The Bertz CT molecular complexity index is 693. The monoisotopic (exact) mass is 826 g/mol. The third kappa shape index (κ3) is 35.3. The van der Waals surface area contributed by atoms with E-state index in [1.165, 1.54) is 77.0 Å². The second-order valence-electron chi connectivity index (χ2n) is 14.9. The van der Waals surface area contributed by atoms with Crippen LogP contribution >= 0.6 is 11.4 Å². The summed E-state index contributed by atoms with van der Waals surface area (Å²) in [5, 5.41) is 0. The van der Waals surface area contributed by atoms with E-state index in [-0.39, 0.29) is 19.5 Å². The topological polar surface area (TPSA) is 36.9 Å². The molecule has 0 heterocycles. The summed E-state index contributed by atoms with van der Waals surface area (Å²) in [6.07, 6.45) is 14.6. The van der Waals surface area contributed by atoms with Gasteiger partial charge in [0.15, 0.2) is 0 Å². The summed E-state index contributed by atoms with van der Waals surface area (Å²) in [6, 6.07) is 0. The third-order valence-corrected chi connectivity index (χ3v) is 13.9. The van der Waals surface area contributed by atoms with Crippen molar-refractivity contribution in [3.63, 3.8) is 0 Å². The molecule has 0 aromatic rings. The summed E-state index contributed by atoms with van der Waals surface area (Å²) in [4.78, 5) is 0. The molecule has 0 aromatic heterocycles. The molecule has 0 bridgehead atoms. The van der Waals surface area contributed by atoms with Gasteiger partial charge in [0.2, 0.25) is 0 Å². The zero-order valence-electron chi connectivity index (χ0n) is 32.8. The fraction of sp³-hybridized carbons (Fsp3) is 1.00. The molecule has 8 atom stereocenters. The van der Waals surface area contributed by atoms with Crippen LogP contribution in [0.25, 0.3) is 0 Å². The Labute approximate surface area is 328 Å². The van der Waals surface area contributed by atoms with E-state index < -0.39 is 11.4 Å². The van der Waals surface area contributed by atoms with Crippen molar-refractivity contribution in [3.8, 4) is 0 Å². The van der Waals surface area contributed by atoms with Crippen LogP contribution in [-0.4, -0.2) is 26.4 Å². The third-order valence-electron chi connectivity index (χ3n) is 9.47. The molecule has 0 rings (SSSR count). The van der Waals surface area contributed by atoms with Crippen molar-refractivity contribution in [2.75, 3.05) is 26.4 Å². The normalized spacial score (nSPS) is 19.4. The zero-order valence-corrected chi connectivity index (χ0v) is 40.8. The Morgan fingerprint density at radius 1 is 0.383 bits per heavy atom. The van der Waals surface area contributed by atoms with Crippen LogP contribution < -0.4 is 0 Å². The molecule has 11 heteroatoms. The summed E-state index contributed by atoms with van der Waals surface area (Å²) < 4.78 is 23.1. The first-order chi connectivity index (χ1) is 21.4. The molecule has 8 unspecified atom stereocenters. The molecule has 0 spiro atoms. The van der Waals surface area contributed by atoms with Crippen molar-refractivity contribution in [1.29, 1.82) is 0 Å². The van der Waals surface area contributed by atoms with Gasteiger partial charge >= 0.3 is 19.5 Å². The summed E-state index contributed by atoms with van der Waals surface area (Å²) in [5.74, 6) is 5.14. The fourth-order valence-electron chi connectivity index (χ4n) is 4.37. The molecule has 4 nitrogen and oxygen atoms in total. The van der Waals surface area contributed by atoms with E-state index in [0.29, 0.717) is 50.1 Å². The average Bonchev–Trinajstić information content (AvgIpc) is 3.03. The molecule has 0 aliphatic carbocycles. The van der Waals surface area contributed by atoms with Crippen molar-refractivity contribution >= 4 is 59.5 Å². The largest absolute Gasteiger partial charge is 2.00 e. The Kier molecular flexibility index (Phi) is 36.6. The number of hydrogen-bond donors (Lipinski definition) is 0. The second-order valence-corrected chi connectivity index (χ2v) is 24.8. The minimum Gasteiger partial charge on any atom is -0.691 e. The van der Waals surface area contributed by atoms with Gasteiger partial charge in [-0.05, 0) is 73.0 Å². The van der Waals surface area contributed by atoms with Gasteiger partial charge < -0.3 is 42.6 Å². The smallest absolute Gasteiger partial charge is 0.691 e. The number of rotatable bonds is 28. The Hall–Kier alpha value is 2.46. The van der Waals surface area contributed by atoms with Crippen LogP contribution in [-0.2, 0) is 85.7 Å². The van der Waals surface area contributed by atoms with Gasteiger partial charge in [-0.25, -0.2) is 0 Å². The van der Waals surface area contributed by atoms with Crippen LogP contribution in [0.5, 0.6) is 0 Å². The van der Waals surface area contributed by atoms with Crippen LogP contribution in [0.4, 0.5) is 0 Å². The molecule has 0 saturated carbocycles. The summed E-state index contributed by atoms with van der Waals surface area (Å²) in [7, 11) is 0. The summed E-state index contributed by atoms with van der Waals surface area (Å²) in [6.45, 7) is 29.6. The number of hydrogen-bond acceptors (Lipinski definition) is 8. The minimum atomic E-state index is -2.49. The molecule has 280 valence electrons. The van der Waals surface area contributed by atoms with Gasteiger partial charge in [-0.3, -0.25) is 0 Å². The molecular formula is C36H76O4P2S4Zn. The van der Waals surface area contributed by atoms with Crippen molar-refractivity contribution < 1.29 is 37.6 Å². The first-order valence-corrected chi connectivity index (χ1v) is 25.9. The van der Waals surface area contributed by atoms with Crippen molar-refractivity contribution in [1.82, 2.24) is 0 Å². The molecule has 0 aliphatic heterocycles. The van der Waals surface area contributed by atoms with Gasteiger partial charge in [0.1, 0.15) is 0 Å². The van der Waals surface area contributed by atoms with Crippen LogP contribution in [0.2, 0.25) is 0 Å². The van der Waals surface area contributed by atoms with E-state index in [9.17, 15) is 0 Å². The molecule has 0 fully saturated rings. The van der Waals surface area contributed by atoms with Crippen molar-refractivity contribution in [3.05, 3.63) is 0 Å². The Morgan fingerprint density at radius 2 is 0.532 bits per heavy atom. The molecule has 0 N–H and O–H groups in total. The van der Waals surface area contributed by atoms with Gasteiger partial charge in [0.05, 0.1) is 37.8 Å². The van der Waals surface area contributed by atoms with E-state index >= 15 is 0 Å². The maximum Gasteiger partial charge on any atom is 2.00 e. The molecule has 0 radical (unpaired) electrons. The van der Waals surface area contributed by atoms with Gasteiger partial charge in [-0.15, -0.1) is 0 Å². The van der Waals surface area contributed by atoms with Crippen molar-refractivity contribution in [2.24, 2.45) is 47.3 Å². The van der Waals surface area contributed by atoms with Gasteiger partial charge in [0.25, 0.3) is 0 Å². The van der Waals surface area contributed by atoms with Crippen LogP contribution in [0.3, 0.4) is 0 Å².